The smallest absolute Gasteiger partial charge is 0.128 e. The number of nitrogens with zero attached hydrogens (tertiary/aromatic N) is 1. The molecule has 1 aliphatic heterocycles. The number of benzene rings is 1. The average Bonchev–Trinajstić information content (AvgIpc) is 2.75. The van der Waals surface area contributed by atoms with Crippen molar-refractivity contribution < 1.29 is 4.74 Å². The van der Waals surface area contributed by atoms with Crippen molar-refractivity contribution in [1.29, 1.82) is 0 Å². The van der Waals surface area contributed by atoms with E-state index < -0.39 is 0 Å². The Hall–Kier alpha value is -1.06. The predicted molar refractivity (Wildman–Crippen MR) is 88.8 cm³/mol. The van der Waals surface area contributed by atoms with Gasteiger partial charge in [0, 0.05) is 24.6 Å². The minimum Gasteiger partial charge on any atom is -0.487 e. The molecule has 0 bridgehead atoms. The van der Waals surface area contributed by atoms with Gasteiger partial charge in [0.1, 0.15) is 11.4 Å². The molecule has 1 aromatic rings. The molecule has 3 nitrogen and oxygen atoms in total. The van der Waals surface area contributed by atoms with Crippen molar-refractivity contribution >= 4 is 0 Å². The van der Waals surface area contributed by atoms with Gasteiger partial charge in [-0.1, -0.05) is 32.0 Å². The molecule has 2 rings (SSSR count). The number of para-hydroxylation sites is 1. The maximum atomic E-state index is 6.22. The molecule has 0 fully saturated rings. The molecule has 1 atom stereocenters. The van der Waals surface area contributed by atoms with E-state index >= 15 is 0 Å². The van der Waals surface area contributed by atoms with Crippen molar-refractivity contribution in [3.05, 3.63) is 29.3 Å². The van der Waals surface area contributed by atoms with Crippen LogP contribution in [0.2, 0.25) is 0 Å². The number of nitrogens with two attached hydrogens (primary N) is 1. The van der Waals surface area contributed by atoms with Crippen LogP contribution in [-0.4, -0.2) is 30.1 Å². The Morgan fingerprint density at radius 1 is 1.29 bits per heavy atom. The molecule has 0 aromatic heterocycles. The van der Waals surface area contributed by atoms with Crippen LogP contribution >= 0.6 is 0 Å². The summed E-state index contributed by atoms with van der Waals surface area (Å²) in [5, 5.41) is 0. The number of ether oxygens (including phenoxy) is 1. The molecule has 3 heteroatoms. The summed E-state index contributed by atoms with van der Waals surface area (Å²) >= 11 is 0. The average molecular weight is 290 g/mol. The molecule has 21 heavy (non-hydrogen) atoms. The van der Waals surface area contributed by atoms with Crippen LogP contribution in [0.25, 0.3) is 0 Å². The molecule has 0 aliphatic carbocycles. The van der Waals surface area contributed by atoms with Gasteiger partial charge in [0.25, 0.3) is 0 Å². The number of likely N-dealkylation sites (N-methyl/N-ethyl adjacent to an activating group) is 1. The zero-order valence-electron chi connectivity index (χ0n) is 14.1. The highest BCUT2D eigenvalue weighted by Gasteiger charge is 2.34. The van der Waals surface area contributed by atoms with E-state index in [4.69, 9.17) is 10.5 Å². The molecule has 0 saturated carbocycles. The van der Waals surface area contributed by atoms with E-state index in [1.807, 2.05) is 0 Å². The number of hydrogen-bond acceptors (Lipinski definition) is 3. The molecule has 0 amide bonds. The van der Waals surface area contributed by atoms with Crippen LogP contribution in [-0.2, 0) is 6.42 Å². The lowest BCUT2D eigenvalue weighted by Gasteiger charge is -2.34. The fourth-order valence-electron chi connectivity index (χ4n) is 3.53. The third-order valence-corrected chi connectivity index (χ3v) is 4.71. The highest BCUT2D eigenvalue weighted by Crippen LogP contribution is 2.41. The lowest BCUT2D eigenvalue weighted by molar-refractivity contribution is 0.127. The van der Waals surface area contributed by atoms with Crippen LogP contribution < -0.4 is 10.5 Å². The highest BCUT2D eigenvalue weighted by atomic mass is 16.5. The van der Waals surface area contributed by atoms with Gasteiger partial charge in [0.2, 0.25) is 0 Å². The summed E-state index contributed by atoms with van der Waals surface area (Å²) in [7, 11) is 2.19. The normalized spacial score (nSPS) is 17.9. The van der Waals surface area contributed by atoms with Crippen LogP contribution in [0.1, 0.15) is 57.7 Å². The molecular weight excluding hydrogens is 260 g/mol. The lowest BCUT2D eigenvalue weighted by Crippen LogP contribution is -2.38. The van der Waals surface area contributed by atoms with Gasteiger partial charge < -0.3 is 10.5 Å². The first-order chi connectivity index (χ1) is 9.93. The fourth-order valence-corrected chi connectivity index (χ4v) is 3.53. The predicted octanol–water partition coefficient (Wildman–Crippen LogP) is 3.52. The van der Waals surface area contributed by atoms with E-state index in [0.717, 1.165) is 25.0 Å². The topological polar surface area (TPSA) is 38.5 Å². The summed E-state index contributed by atoms with van der Waals surface area (Å²) in [4.78, 5) is 2.42. The largest absolute Gasteiger partial charge is 0.487 e. The van der Waals surface area contributed by atoms with Gasteiger partial charge in [-0.3, -0.25) is 4.90 Å². The first kappa shape index (κ1) is 16.3. The third kappa shape index (κ3) is 3.24. The standard InChI is InChI=1S/C18H30N2O/c1-6-14(7-2)20(5)16(12-19)15-10-8-9-13-11-18(3,4)21-17(13)15/h8-10,14,16H,6-7,11-12,19H2,1-5H3. The van der Waals surface area contributed by atoms with Gasteiger partial charge in [-0.2, -0.15) is 0 Å². The van der Waals surface area contributed by atoms with E-state index in [2.05, 4.69) is 57.8 Å². The van der Waals surface area contributed by atoms with Crippen molar-refractivity contribution in [2.45, 2.75) is 64.6 Å². The molecule has 1 heterocycles. The maximum absolute atomic E-state index is 6.22. The molecule has 2 N–H and O–H groups in total. The molecular formula is C18H30N2O. The third-order valence-electron chi connectivity index (χ3n) is 4.71. The van der Waals surface area contributed by atoms with E-state index in [0.29, 0.717) is 12.6 Å². The number of rotatable bonds is 6. The van der Waals surface area contributed by atoms with Crippen molar-refractivity contribution in [3.63, 3.8) is 0 Å². The Morgan fingerprint density at radius 2 is 1.95 bits per heavy atom. The number of fused-ring (bicyclic) bond motifs is 1. The van der Waals surface area contributed by atoms with Crippen LogP contribution in [0.4, 0.5) is 0 Å². The van der Waals surface area contributed by atoms with Crippen molar-refractivity contribution in [1.82, 2.24) is 4.90 Å². The van der Waals surface area contributed by atoms with Crippen molar-refractivity contribution in [3.8, 4) is 5.75 Å². The first-order valence-corrected chi connectivity index (χ1v) is 8.16. The second-order valence-electron chi connectivity index (χ2n) is 6.76. The zero-order chi connectivity index (χ0) is 15.6. The summed E-state index contributed by atoms with van der Waals surface area (Å²) in [6.45, 7) is 9.41. The Kier molecular flexibility index (Phi) is 4.95. The van der Waals surface area contributed by atoms with Gasteiger partial charge in [-0.25, -0.2) is 0 Å². The summed E-state index contributed by atoms with van der Waals surface area (Å²) in [5.74, 6) is 1.07. The second kappa shape index (κ2) is 6.37. The first-order valence-electron chi connectivity index (χ1n) is 8.16. The summed E-state index contributed by atoms with van der Waals surface area (Å²) in [5.41, 5.74) is 8.57. The quantitative estimate of drug-likeness (QED) is 0.871. The minimum absolute atomic E-state index is 0.106. The second-order valence-corrected chi connectivity index (χ2v) is 6.76. The van der Waals surface area contributed by atoms with Gasteiger partial charge in [-0.05, 0) is 39.3 Å². The van der Waals surface area contributed by atoms with Crippen LogP contribution in [0.3, 0.4) is 0 Å². The molecule has 1 unspecified atom stereocenters. The summed E-state index contributed by atoms with van der Waals surface area (Å²) in [6.07, 6.45) is 3.26. The molecule has 1 aliphatic rings. The summed E-state index contributed by atoms with van der Waals surface area (Å²) < 4.78 is 6.22. The minimum atomic E-state index is -0.106. The van der Waals surface area contributed by atoms with Crippen molar-refractivity contribution in [2.24, 2.45) is 5.73 Å². The Balaban J connectivity index is 2.35. The van der Waals surface area contributed by atoms with Gasteiger partial charge in [0.05, 0.1) is 6.04 Å². The monoisotopic (exact) mass is 290 g/mol. The van der Waals surface area contributed by atoms with Gasteiger partial charge >= 0.3 is 0 Å². The SMILES string of the molecule is CCC(CC)N(C)C(CN)c1cccc2c1OC(C)(C)C2. The fraction of sp³-hybridized carbons (Fsp3) is 0.667. The van der Waals surface area contributed by atoms with E-state index in [1.165, 1.54) is 11.1 Å². The van der Waals surface area contributed by atoms with E-state index in [1.54, 1.807) is 0 Å². The molecule has 0 radical (unpaired) electrons. The molecule has 118 valence electrons. The Bertz CT molecular complexity index is 480. The molecule has 0 spiro atoms. The summed E-state index contributed by atoms with van der Waals surface area (Å²) in [6, 6.07) is 7.28. The van der Waals surface area contributed by atoms with E-state index in [-0.39, 0.29) is 11.6 Å². The molecule has 1 aromatic carbocycles. The van der Waals surface area contributed by atoms with Gasteiger partial charge in [-0.15, -0.1) is 0 Å². The van der Waals surface area contributed by atoms with Crippen LogP contribution in [0.5, 0.6) is 5.75 Å². The van der Waals surface area contributed by atoms with Crippen LogP contribution in [0, 0.1) is 0 Å². The maximum Gasteiger partial charge on any atom is 0.128 e. The Labute approximate surface area is 129 Å². The molecule has 0 saturated heterocycles. The lowest BCUT2D eigenvalue weighted by atomic mass is 9.96. The zero-order valence-corrected chi connectivity index (χ0v) is 14.1. The van der Waals surface area contributed by atoms with Gasteiger partial charge in [0.15, 0.2) is 0 Å². The van der Waals surface area contributed by atoms with Crippen molar-refractivity contribution in [2.75, 3.05) is 13.6 Å². The highest BCUT2D eigenvalue weighted by molar-refractivity contribution is 5.47. The van der Waals surface area contributed by atoms with Crippen LogP contribution in [0.15, 0.2) is 18.2 Å². The number of hydrogen-bond donors (Lipinski definition) is 1. The van der Waals surface area contributed by atoms with E-state index in [9.17, 15) is 0 Å². The Morgan fingerprint density at radius 3 is 2.52 bits per heavy atom.